The minimum Gasteiger partial charge on any atom is -0.497 e. The highest BCUT2D eigenvalue weighted by Crippen LogP contribution is 2.36. The van der Waals surface area contributed by atoms with Crippen LogP contribution >= 0.6 is 0 Å². The van der Waals surface area contributed by atoms with Crippen molar-refractivity contribution in [3.63, 3.8) is 0 Å². The van der Waals surface area contributed by atoms with Crippen molar-refractivity contribution >= 4 is 27.5 Å². The van der Waals surface area contributed by atoms with E-state index in [4.69, 9.17) is 14.2 Å². The van der Waals surface area contributed by atoms with Gasteiger partial charge in [-0.25, -0.2) is 8.42 Å². The first-order chi connectivity index (χ1) is 18.2. The molecule has 0 aromatic heterocycles. The number of ether oxygens (including phenoxy) is 3. The van der Waals surface area contributed by atoms with Crippen molar-refractivity contribution in [1.82, 2.24) is 10.2 Å². The Bertz CT molecular complexity index is 1260. The minimum atomic E-state index is -3.85. The number of benzene rings is 2. The number of hydrogen-bond donors (Lipinski definition) is 1. The molecule has 1 atom stereocenters. The van der Waals surface area contributed by atoms with Gasteiger partial charge in [-0.15, -0.1) is 0 Å². The van der Waals surface area contributed by atoms with E-state index in [2.05, 4.69) is 5.32 Å². The van der Waals surface area contributed by atoms with E-state index in [0.29, 0.717) is 23.7 Å². The Morgan fingerprint density at radius 3 is 2.53 bits per heavy atom. The third-order valence-corrected chi connectivity index (χ3v) is 8.04. The zero-order chi connectivity index (χ0) is 27.3. The molecule has 0 unspecified atom stereocenters. The molecule has 0 radical (unpaired) electrons. The van der Waals surface area contributed by atoms with E-state index in [1.807, 2.05) is 19.1 Å². The van der Waals surface area contributed by atoms with Crippen LogP contribution in [0.3, 0.4) is 0 Å². The van der Waals surface area contributed by atoms with Gasteiger partial charge in [-0.05, 0) is 49.1 Å². The van der Waals surface area contributed by atoms with Crippen LogP contribution in [0.5, 0.6) is 17.2 Å². The standard InChI is InChI=1S/C27H35N3O7S/c1-4-23(27(32)28-20-9-5-6-10-20)29(16-19-8-7-11-22(14-19)35-2)26(31)17-30(38(3,33)34)21-12-13-24-25(15-21)37-18-36-24/h7-8,11-15,20,23H,4-6,9-10,16-18H2,1-3H3,(H,28,32)/t23-/m0/s1. The van der Waals surface area contributed by atoms with E-state index >= 15 is 0 Å². The monoisotopic (exact) mass is 545 g/mol. The molecule has 1 aliphatic heterocycles. The molecule has 206 valence electrons. The Labute approximate surface area is 223 Å². The number of nitrogens with zero attached hydrogens (tertiary/aromatic N) is 2. The first-order valence-corrected chi connectivity index (χ1v) is 14.6. The smallest absolute Gasteiger partial charge is 0.244 e. The third kappa shape index (κ3) is 6.50. The summed E-state index contributed by atoms with van der Waals surface area (Å²) >= 11 is 0. The minimum absolute atomic E-state index is 0.0409. The molecule has 1 aliphatic carbocycles. The highest BCUT2D eigenvalue weighted by Gasteiger charge is 2.33. The Morgan fingerprint density at radius 1 is 1.11 bits per heavy atom. The number of fused-ring (bicyclic) bond motifs is 1. The Balaban J connectivity index is 1.63. The van der Waals surface area contributed by atoms with Crippen LogP contribution in [-0.4, -0.2) is 63.9 Å². The molecular formula is C27H35N3O7S. The van der Waals surface area contributed by atoms with E-state index < -0.39 is 28.5 Å². The number of sulfonamides is 1. The number of hydrogen-bond acceptors (Lipinski definition) is 7. The number of anilines is 1. The highest BCUT2D eigenvalue weighted by molar-refractivity contribution is 7.92. The molecule has 1 heterocycles. The van der Waals surface area contributed by atoms with Crippen molar-refractivity contribution in [3.05, 3.63) is 48.0 Å². The van der Waals surface area contributed by atoms with Crippen LogP contribution in [0.1, 0.15) is 44.6 Å². The Hall–Kier alpha value is -3.47. The van der Waals surface area contributed by atoms with Crippen LogP contribution < -0.4 is 23.8 Å². The predicted octanol–water partition coefficient (Wildman–Crippen LogP) is 3.06. The SMILES string of the molecule is CC[C@@H](C(=O)NC1CCCC1)N(Cc1cccc(OC)c1)C(=O)CN(c1ccc2c(c1)OCO2)S(C)(=O)=O. The average Bonchev–Trinajstić information content (AvgIpc) is 3.58. The second-order valence-corrected chi connectivity index (χ2v) is 11.5. The summed E-state index contributed by atoms with van der Waals surface area (Å²) in [5.74, 6) is 0.799. The van der Waals surface area contributed by atoms with Gasteiger partial charge in [0, 0.05) is 18.7 Å². The lowest BCUT2D eigenvalue weighted by Gasteiger charge is -2.33. The van der Waals surface area contributed by atoms with Gasteiger partial charge in [0.25, 0.3) is 0 Å². The van der Waals surface area contributed by atoms with Gasteiger partial charge in [0.15, 0.2) is 11.5 Å². The summed E-state index contributed by atoms with van der Waals surface area (Å²) in [6.45, 7) is 1.52. The predicted molar refractivity (Wildman–Crippen MR) is 143 cm³/mol. The molecular weight excluding hydrogens is 510 g/mol. The van der Waals surface area contributed by atoms with Crippen LogP contribution in [-0.2, 0) is 26.2 Å². The van der Waals surface area contributed by atoms with Crippen LogP contribution in [0.2, 0.25) is 0 Å². The summed E-state index contributed by atoms with van der Waals surface area (Å²) in [6, 6.07) is 11.3. The zero-order valence-corrected chi connectivity index (χ0v) is 22.8. The highest BCUT2D eigenvalue weighted by atomic mass is 32.2. The molecule has 2 amide bonds. The van der Waals surface area contributed by atoms with Gasteiger partial charge in [-0.3, -0.25) is 13.9 Å². The fraction of sp³-hybridized carbons (Fsp3) is 0.481. The number of carbonyl (C=O) groups is 2. The molecule has 11 heteroatoms. The second kappa shape index (κ2) is 11.9. The van der Waals surface area contributed by atoms with E-state index in [9.17, 15) is 18.0 Å². The van der Waals surface area contributed by atoms with Crippen molar-refractivity contribution in [1.29, 1.82) is 0 Å². The largest absolute Gasteiger partial charge is 0.497 e. The molecule has 2 aromatic rings. The van der Waals surface area contributed by atoms with Gasteiger partial charge < -0.3 is 24.4 Å². The number of carbonyl (C=O) groups excluding carboxylic acids is 2. The molecule has 0 saturated heterocycles. The lowest BCUT2D eigenvalue weighted by molar-refractivity contribution is -0.140. The molecule has 0 spiro atoms. The molecule has 1 saturated carbocycles. The van der Waals surface area contributed by atoms with E-state index in [-0.39, 0.29) is 31.0 Å². The maximum Gasteiger partial charge on any atom is 0.244 e. The van der Waals surface area contributed by atoms with Crippen LogP contribution in [0.15, 0.2) is 42.5 Å². The summed E-state index contributed by atoms with van der Waals surface area (Å²) in [4.78, 5) is 28.7. The topological polar surface area (TPSA) is 114 Å². The zero-order valence-electron chi connectivity index (χ0n) is 22.0. The fourth-order valence-electron chi connectivity index (χ4n) is 4.91. The number of nitrogens with one attached hydrogen (secondary N) is 1. The van der Waals surface area contributed by atoms with Gasteiger partial charge in [-0.1, -0.05) is 31.9 Å². The summed E-state index contributed by atoms with van der Waals surface area (Å²) < 4.78 is 42.7. The van der Waals surface area contributed by atoms with Gasteiger partial charge in [0.05, 0.1) is 19.1 Å². The maximum absolute atomic E-state index is 13.9. The molecule has 0 bridgehead atoms. The van der Waals surface area contributed by atoms with Crippen LogP contribution in [0, 0.1) is 0 Å². The number of methoxy groups -OCH3 is 1. The Kier molecular flexibility index (Phi) is 8.65. The van der Waals surface area contributed by atoms with E-state index in [0.717, 1.165) is 41.8 Å². The molecule has 38 heavy (non-hydrogen) atoms. The van der Waals surface area contributed by atoms with Crippen molar-refractivity contribution in [2.75, 3.05) is 31.0 Å². The number of amides is 2. The number of rotatable bonds is 11. The summed E-state index contributed by atoms with van der Waals surface area (Å²) in [7, 11) is -2.29. The Morgan fingerprint density at radius 2 is 1.84 bits per heavy atom. The lowest BCUT2D eigenvalue weighted by atomic mass is 10.1. The second-order valence-electron chi connectivity index (χ2n) is 9.59. The normalized spacial score (nSPS) is 15.7. The first-order valence-electron chi connectivity index (χ1n) is 12.8. The maximum atomic E-state index is 13.9. The molecule has 10 nitrogen and oxygen atoms in total. The van der Waals surface area contributed by atoms with E-state index in [1.165, 1.54) is 11.0 Å². The fourth-order valence-corrected chi connectivity index (χ4v) is 5.75. The van der Waals surface area contributed by atoms with Gasteiger partial charge >= 0.3 is 0 Å². The summed E-state index contributed by atoms with van der Waals surface area (Å²) in [6.07, 6.45) is 5.37. The van der Waals surface area contributed by atoms with Crippen molar-refractivity contribution < 1.29 is 32.2 Å². The molecule has 1 N–H and O–H groups in total. The third-order valence-electron chi connectivity index (χ3n) is 6.90. The van der Waals surface area contributed by atoms with Crippen molar-refractivity contribution in [3.8, 4) is 17.2 Å². The van der Waals surface area contributed by atoms with Crippen molar-refractivity contribution in [2.24, 2.45) is 0 Å². The lowest BCUT2D eigenvalue weighted by Crippen LogP contribution is -2.53. The van der Waals surface area contributed by atoms with Crippen molar-refractivity contribution in [2.45, 2.75) is 57.7 Å². The molecule has 4 rings (SSSR count). The van der Waals surface area contributed by atoms with Gasteiger partial charge in [0.2, 0.25) is 28.6 Å². The van der Waals surface area contributed by atoms with Gasteiger partial charge in [0.1, 0.15) is 18.3 Å². The first kappa shape index (κ1) is 27.6. The van der Waals surface area contributed by atoms with Gasteiger partial charge in [-0.2, -0.15) is 0 Å². The molecule has 1 fully saturated rings. The van der Waals surface area contributed by atoms with Crippen LogP contribution in [0.4, 0.5) is 5.69 Å². The summed E-state index contributed by atoms with van der Waals surface area (Å²) in [5, 5.41) is 3.10. The average molecular weight is 546 g/mol. The quantitative estimate of drug-likeness (QED) is 0.462. The molecule has 2 aliphatic rings. The summed E-state index contributed by atoms with van der Waals surface area (Å²) in [5.41, 5.74) is 1.04. The van der Waals surface area contributed by atoms with Crippen LogP contribution in [0.25, 0.3) is 0 Å². The van der Waals surface area contributed by atoms with E-state index in [1.54, 1.807) is 31.4 Å². The molecule has 2 aromatic carbocycles.